The van der Waals surface area contributed by atoms with Crippen LogP contribution in [0, 0.1) is 21.7 Å². The van der Waals surface area contributed by atoms with Crippen molar-refractivity contribution in [2.45, 2.75) is 6.10 Å². The summed E-state index contributed by atoms with van der Waals surface area (Å²) in [6.45, 7) is -0.395. The zero-order valence-corrected chi connectivity index (χ0v) is 13.1. The van der Waals surface area contributed by atoms with Gasteiger partial charge in [-0.05, 0) is 18.2 Å². The van der Waals surface area contributed by atoms with Crippen LogP contribution in [-0.4, -0.2) is 26.5 Å². The molecule has 0 fully saturated rings. The highest BCUT2D eigenvalue weighted by atomic mass is 19.1. The molecule has 0 saturated heterocycles. The summed E-state index contributed by atoms with van der Waals surface area (Å²) in [7, 11) is 0. The number of aromatic amines is 1. The van der Waals surface area contributed by atoms with E-state index in [1.807, 2.05) is 0 Å². The number of nitrogens with zero attached hydrogens (tertiary/aromatic N) is 2. The van der Waals surface area contributed by atoms with Gasteiger partial charge >= 0.3 is 0 Å². The van der Waals surface area contributed by atoms with Gasteiger partial charge in [0.05, 0.1) is 27.7 Å². The van der Waals surface area contributed by atoms with E-state index < -0.39 is 46.0 Å². The number of H-pyrrole nitrogens is 1. The molecule has 0 aliphatic carbocycles. The van der Waals surface area contributed by atoms with E-state index in [-0.39, 0.29) is 16.6 Å². The first kappa shape index (κ1) is 17.4. The number of nitro benzene ring substituents is 1. The van der Waals surface area contributed by atoms with E-state index in [0.29, 0.717) is 0 Å². The number of benzene rings is 2. The first-order valence-corrected chi connectivity index (χ1v) is 7.40. The molecule has 1 unspecified atom stereocenters. The Morgan fingerprint density at radius 3 is 2.65 bits per heavy atom. The maximum absolute atomic E-state index is 13.7. The molecule has 1 heterocycles. The Labute approximate surface area is 144 Å². The van der Waals surface area contributed by atoms with E-state index in [4.69, 9.17) is 0 Å². The summed E-state index contributed by atoms with van der Waals surface area (Å²) in [6, 6.07) is 5.45. The molecule has 8 nitrogen and oxygen atoms in total. The van der Waals surface area contributed by atoms with Crippen LogP contribution in [0.1, 0.15) is 11.7 Å². The molecule has 0 aliphatic rings. The number of nitrogens with one attached hydrogen (secondary N) is 2. The first-order valence-electron chi connectivity index (χ1n) is 7.40. The van der Waals surface area contributed by atoms with Gasteiger partial charge in [0, 0.05) is 12.6 Å². The van der Waals surface area contributed by atoms with Crippen molar-refractivity contribution in [2.24, 2.45) is 0 Å². The highest BCUT2D eigenvalue weighted by Crippen LogP contribution is 2.29. The first-order chi connectivity index (χ1) is 12.4. The van der Waals surface area contributed by atoms with Gasteiger partial charge in [0.2, 0.25) is 0 Å². The SMILES string of the molecule is O=c1[nH]cnc2cc(NCC(O)c3c(F)cccc3F)c([N+](=O)[O-])cc12. The van der Waals surface area contributed by atoms with Gasteiger partial charge in [-0.25, -0.2) is 13.8 Å². The number of hydrogen-bond acceptors (Lipinski definition) is 6. The molecule has 3 rings (SSSR count). The Hall–Kier alpha value is -3.40. The third-order valence-electron chi connectivity index (χ3n) is 3.77. The summed E-state index contributed by atoms with van der Waals surface area (Å²) >= 11 is 0. The summed E-state index contributed by atoms with van der Waals surface area (Å²) < 4.78 is 27.4. The van der Waals surface area contributed by atoms with E-state index in [1.54, 1.807) is 0 Å². The second kappa shape index (κ2) is 6.84. The highest BCUT2D eigenvalue weighted by molar-refractivity contribution is 5.86. The molecule has 26 heavy (non-hydrogen) atoms. The van der Waals surface area contributed by atoms with E-state index in [1.165, 1.54) is 6.07 Å². The smallest absolute Gasteiger partial charge is 0.293 e. The number of fused-ring (bicyclic) bond motifs is 1. The standard InChI is InChI=1S/C16H12F2N4O4/c17-9-2-1-3-10(18)15(9)14(23)6-19-12-5-11-8(4-13(12)22(25)26)16(24)21-7-20-11/h1-5,7,14,19,23H,6H2,(H,20,21,24). The lowest BCUT2D eigenvalue weighted by atomic mass is 10.1. The Kier molecular flexibility index (Phi) is 4.59. The van der Waals surface area contributed by atoms with Crippen LogP contribution < -0.4 is 10.9 Å². The predicted octanol–water partition coefficient (Wildman–Crippen LogP) is 2.25. The largest absolute Gasteiger partial charge is 0.386 e. The molecular weight excluding hydrogens is 350 g/mol. The average Bonchev–Trinajstić information content (AvgIpc) is 2.59. The zero-order valence-electron chi connectivity index (χ0n) is 13.1. The fraction of sp³-hybridized carbons (Fsp3) is 0.125. The normalized spacial score (nSPS) is 12.1. The minimum absolute atomic E-state index is 0.0189. The number of aromatic nitrogens is 2. The second-order valence-corrected chi connectivity index (χ2v) is 5.41. The van der Waals surface area contributed by atoms with Gasteiger partial charge in [-0.1, -0.05) is 6.07 Å². The quantitative estimate of drug-likeness (QED) is 0.473. The van der Waals surface area contributed by atoms with Crippen LogP contribution in [0.3, 0.4) is 0 Å². The molecule has 1 atom stereocenters. The minimum atomic E-state index is -1.58. The lowest BCUT2D eigenvalue weighted by Crippen LogP contribution is -2.16. The molecule has 0 radical (unpaired) electrons. The van der Waals surface area contributed by atoms with Crippen LogP contribution in [0.15, 0.2) is 41.5 Å². The van der Waals surface area contributed by atoms with Crippen LogP contribution in [0.5, 0.6) is 0 Å². The molecule has 0 bridgehead atoms. The predicted molar refractivity (Wildman–Crippen MR) is 88.8 cm³/mol. The van der Waals surface area contributed by atoms with Crippen LogP contribution in [0.4, 0.5) is 20.2 Å². The fourth-order valence-corrected chi connectivity index (χ4v) is 2.53. The molecular formula is C16H12F2N4O4. The van der Waals surface area contributed by atoms with Gasteiger partial charge in [-0.15, -0.1) is 0 Å². The number of nitro groups is 1. The lowest BCUT2D eigenvalue weighted by Gasteiger charge is -2.15. The molecule has 0 aliphatic heterocycles. The molecule has 10 heteroatoms. The van der Waals surface area contributed by atoms with Gasteiger partial charge in [0.25, 0.3) is 11.2 Å². The van der Waals surface area contributed by atoms with Crippen LogP contribution in [0.25, 0.3) is 10.9 Å². The number of hydrogen-bond donors (Lipinski definition) is 3. The summed E-state index contributed by atoms with van der Waals surface area (Å²) in [6.07, 6.45) is -0.442. The Balaban J connectivity index is 1.94. The van der Waals surface area contributed by atoms with Crippen molar-refractivity contribution in [3.63, 3.8) is 0 Å². The minimum Gasteiger partial charge on any atom is -0.386 e. The lowest BCUT2D eigenvalue weighted by molar-refractivity contribution is -0.383. The van der Waals surface area contributed by atoms with Crippen molar-refractivity contribution in [2.75, 3.05) is 11.9 Å². The van der Waals surface area contributed by atoms with Crippen LogP contribution >= 0.6 is 0 Å². The summed E-state index contributed by atoms with van der Waals surface area (Å²) in [5.41, 5.74) is -1.38. The van der Waals surface area contributed by atoms with Gasteiger partial charge in [-0.2, -0.15) is 0 Å². The molecule has 134 valence electrons. The molecule has 1 aromatic heterocycles. The van der Waals surface area contributed by atoms with Crippen molar-refractivity contribution in [1.82, 2.24) is 9.97 Å². The third-order valence-corrected chi connectivity index (χ3v) is 3.77. The molecule has 2 aromatic carbocycles. The molecule has 3 N–H and O–H groups in total. The van der Waals surface area contributed by atoms with Crippen molar-refractivity contribution in [3.05, 3.63) is 74.3 Å². The van der Waals surface area contributed by atoms with Crippen molar-refractivity contribution in [3.8, 4) is 0 Å². The summed E-state index contributed by atoms with van der Waals surface area (Å²) in [4.78, 5) is 28.5. The third kappa shape index (κ3) is 3.22. The summed E-state index contributed by atoms with van der Waals surface area (Å²) in [5, 5.41) is 23.9. The molecule has 0 amide bonds. The number of rotatable bonds is 5. The number of aliphatic hydroxyl groups is 1. The molecule has 0 spiro atoms. The summed E-state index contributed by atoms with van der Waals surface area (Å²) in [5.74, 6) is -1.86. The van der Waals surface area contributed by atoms with Gasteiger partial charge in [0.1, 0.15) is 23.4 Å². The van der Waals surface area contributed by atoms with Crippen molar-refractivity contribution in [1.29, 1.82) is 0 Å². The average molecular weight is 362 g/mol. The second-order valence-electron chi connectivity index (χ2n) is 5.41. The topological polar surface area (TPSA) is 121 Å². The van der Waals surface area contributed by atoms with Gasteiger partial charge < -0.3 is 15.4 Å². The van der Waals surface area contributed by atoms with E-state index in [2.05, 4.69) is 15.3 Å². The van der Waals surface area contributed by atoms with Gasteiger partial charge in [0.15, 0.2) is 0 Å². The van der Waals surface area contributed by atoms with Crippen LogP contribution in [0.2, 0.25) is 0 Å². The van der Waals surface area contributed by atoms with E-state index >= 15 is 0 Å². The highest BCUT2D eigenvalue weighted by Gasteiger charge is 2.21. The monoisotopic (exact) mass is 362 g/mol. The Bertz CT molecular complexity index is 1030. The van der Waals surface area contributed by atoms with Crippen molar-refractivity contribution < 1.29 is 18.8 Å². The van der Waals surface area contributed by atoms with Gasteiger partial charge in [-0.3, -0.25) is 14.9 Å². The number of anilines is 1. The van der Waals surface area contributed by atoms with E-state index in [0.717, 1.165) is 30.6 Å². The Morgan fingerprint density at radius 2 is 2.00 bits per heavy atom. The number of aliphatic hydroxyl groups excluding tert-OH is 1. The van der Waals surface area contributed by atoms with Crippen molar-refractivity contribution >= 4 is 22.3 Å². The zero-order chi connectivity index (χ0) is 18.8. The molecule has 0 saturated carbocycles. The Morgan fingerprint density at radius 1 is 1.31 bits per heavy atom. The number of halogens is 2. The maximum Gasteiger partial charge on any atom is 0.293 e. The molecule has 3 aromatic rings. The van der Waals surface area contributed by atoms with E-state index in [9.17, 15) is 28.8 Å². The maximum atomic E-state index is 13.7. The fourth-order valence-electron chi connectivity index (χ4n) is 2.53. The van der Waals surface area contributed by atoms with Crippen LogP contribution in [-0.2, 0) is 0 Å².